The SMILES string of the molecule is CN(C1CC2CCC(C1)N2)S(=O)(=O)c1c(F)cccc1F. The van der Waals surface area contributed by atoms with Gasteiger partial charge in [-0.05, 0) is 37.8 Å². The van der Waals surface area contributed by atoms with Crippen LogP contribution in [0.1, 0.15) is 25.7 Å². The van der Waals surface area contributed by atoms with Crippen molar-refractivity contribution < 1.29 is 17.2 Å². The van der Waals surface area contributed by atoms with Gasteiger partial charge in [0.05, 0.1) is 0 Å². The Morgan fingerprint density at radius 1 is 1.14 bits per heavy atom. The molecule has 2 aliphatic rings. The minimum absolute atomic E-state index is 0.215. The minimum Gasteiger partial charge on any atom is -0.311 e. The third kappa shape index (κ3) is 2.58. The third-order valence-electron chi connectivity index (χ3n) is 4.52. The molecule has 2 fully saturated rings. The Bertz CT molecular complexity index is 618. The molecule has 0 saturated carbocycles. The third-order valence-corrected chi connectivity index (χ3v) is 6.48. The van der Waals surface area contributed by atoms with Crippen LogP contribution in [0.15, 0.2) is 23.1 Å². The molecule has 2 saturated heterocycles. The fourth-order valence-electron chi connectivity index (χ4n) is 3.39. The number of fused-ring (bicyclic) bond motifs is 2. The number of halogens is 2. The van der Waals surface area contributed by atoms with Crippen molar-refractivity contribution in [3.8, 4) is 0 Å². The van der Waals surface area contributed by atoms with E-state index < -0.39 is 26.6 Å². The highest BCUT2D eigenvalue weighted by Gasteiger charge is 2.40. The zero-order valence-corrected chi connectivity index (χ0v) is 12.5. The molecule has 2 heterocycles. The Balaban J connectivity index is 1.91. The Morgan fingerprint density at radius 3 is 2.19 bits per heavy atom. The van der Waals surface area contributed by atoms with Crippen LogP contribution < -0.4 is 5.32 Å². The van der Waals surface area contributed by atoms with E-state index >= 15 is 0 Å². The van der Waals surface area contributed by atoms with Crippen LogP contribution in [0.3, 0.4) is 0 Å². The van der Waals surface area contributed by atoms with E-state index in [9.17, 15) is 17.2 Å². The van der Waals surface area contributed by atoms with E-state index in [1.165, 1.54) is 7.05 Å². The molecule has 1 N–H and O–H groups in total. The van der Waals surface area contributed by atoms with E-state index in [0.717, 1.165) is 35.3 Å². The zero-order valence-electron chi connectivity index (χ0n) is 11.7. The second-order valence-electron chi connectivity index (χ2n) is 5.84. The van der Waals surface area contributed by atoms with Gasteiger partial charge in [-0.1, -0.05) is 6.07 Å². The van der Waals surface area contributed by atoms with Crippen molar-refractivity contribution >= 4 is 10.0 Å². The van der Waals surface area contributed by atoms with Crippen molar-refractivity contribution in [3.63, 3.8) is 0 Å². The Hall–Kier alpha value is -1.05. The minimum atomic E-state index is -4.16. The molecule has 21 heavy (non-hydrogen) atoms. The van der Waals surface area contributed by atoms with Crippen LogP contribution in [0.2, 0.25) is 0 Å². The number of rotatable bonds is 3. The second kappa shape index (κ2) is 5.30. The van der Waals surface area contributed by atoms with Gasteiger partial charge in [0.15, 0.2) is 4.90 Å². The largest absolute Gasteiger partial charge is 0.311 e. The average Bonchev–Trinajstić information content (AvgIpc) is 2.76. The molecule has 0 spiro atoms. The highest BCUT2D eigenvalue weighted by Crippen LogP contribution is 2.32. The predicted octanol–water partition coefficient (Wildman–Crippen LogP) is 1.87. The quantitative estimate of drug-likeness (QED) is 0.926. The fourth-order valence-corrected chi connectivity index (χ4v) is 4.87. The Kier molecular flexibility index (Phi) is 3.75. The summed E-state index contributed by atoms with van der Waals surface area (Å²) in [5.74, 6) is -2.09. The highest BCUT2D eigenvalue weighted by molar-refractivity contribution is 7.89. The van der Waals surface area contributed by atoms with Gasteiger partial charge in [-0.2, -0.15) is 4.31 Å². The number of sulfonamides is 1. The molecule has 116 valence electrons. The molecule has 0 aliphatic carbocycles. The number of benzene rings is 1. The first-order chi connectivity index (χ1) is 9.89. The van der Waals surface area contributed by atoms with E-state index in [-0.39, 0.29) is 6.04 Å². The van der Waals surface area contributed by atoms with Crippen molar-refractivity contribution in [3.05, 3.63) is 29.8 Å². The maximum atomic E-state index is 13.8. The molecule has 7 heteroatoms. The number of piperidine rings is 1. The van der Waals surface area contributed by atoms with Crippen LogP contribution in [-0.4, -0.2) is 37.9 Å². The highest BCUT2D eigenvalue weighted by atomic mass is 32.2. The molecule has 0 amide bonds. The van der Waals surface area contributed by atoms with E-state index in [1.54, 1.807) is 0 Å². The summed E-state index contributed by atoms with van der Waals surface area (Å²) in [5.41, 5.74) is 0. The van der Waals surface area contributed by atoms with Gasteiger partial charge in [-0.3, -0.25) is 0 Å². The lowest BCUT2D eigenvalue weighted by molar-refractivity contribution is 0.250. The molecule has 2 atom stereocenters. The predicted molar refractivity (Wildman–Crippen MR) is 74.3 cm³/mol. The zero-order chi connectivity index (χ0) is 15.2. The van der Waals surface area contributed by atoms with Gasteiger partial charge in [0.2, 0.25) is 10.0 Å². The van der Waals surface area contributed by atoms with Crippen LogP contribution >= 0.6 is 0 Å². The fraction of sp³-hybridized carbons (Fsp3) is 0.571. The lowest BCUT2D eigenvalue weighted by atomic mass is 10.0. The van der Waals surface area contributed by atoms with Crippen LogP contribution in [0.25, 0.3) is 0 Å². The van der Waals surface area contributed by atoms with Crippen molar-refractivity contribution in [1.29, 1.82) is 0 Å². The summed E-state index contributed by atoms with van der Waals surface area (Å²) in [6, 6.07) is 3.49. The van der Waals surface area contributed by atoms with Crippen molar-refractivity contribution in [1.82, 2.24) is 9.62 Å². The molecule has 0 aromatic heterocycles. The lowest BCUT2D eigenvalue weighted by Gasteiger charge is -2.34. The van der Waals surface area contributed by atoms with Gasteiger partial charge in [0, 0.05) is 25.2 Å². The maximum absolute atomic E-state index is 13.8. The summed E-state index contributed by atoms with van der Waals surface area (Å²) in [5, 5.41) is 3.42. The smallest absolute Gasteiger partial charge is 0.248 e. The lowest BCUT2D eigenvalue weighted by Crippen LogP contribution is -2.48. The van der Waals surface area contributed by atoms with E-state index in [2.05, 4.69) is 5.32 Å². The monoisotopic (exact) mass is 316 g/mol. The molecule has 2 bridgehead atoms. The number of nitrogens with one attached hydrogen (secondary N) is 1. The van der Waals surface area contributed by atoms with Crippen molar-refractivity contribution in [2.45, 2.75) is 48.7 Å². The molecule has 3 rings (SSSR count). The standard InChI is InChI=1S/C14H18F2N2O2S/c1-18(11-7-9-5-6-10(8-11)17-9)21(19,20)14-12(15)3-2-4-13(14)16/h2-4,9-11,17H,5-8H2,1H3. The van der Waals surface area contributed by atoms with Crippen LogP contribution in [0.5, 0.6) is 0 Å². The van der Waals surface area contributed by atoms with Crippen molar-refractivity contribution in [2.24, 2.45) is 0 Å². The van der Waals surface area contributed by atoms with Gasteiger partial charge >= 0.3 is 0 Å². The first-order valence-corrected chi connectivity index (χ1v) is 8.51. The first-order valence-electron chi connectivity index (χ1n) is 7.07. The average molecular weight is 316 g/mol. The Labute approximate surface area is 123 Å². The molecule has 4 nitrogen and oxygen atoms in total. The molecular weight excluding hydrogens is 298 g/mol. The summed E-state index contributed by atoms with van der Waals surface area (Å²) in [4.78, 5) is -0.849. The van der Waals surface area contributed by atoms with Crippen LogP contribution in [0, 0.1) is 11.6 Å². The molecule has 0 radical (unpaired) electrons. The molecule has 2 unspecified atom stereocenters. The Morgan fingerprint density at radius 2 is 1.67 bits per heavy atom. The molecule has 1 aromatic rings. The van der Waals surface area contributed by atoms with Gasteiger partial charge in [-0.15, -0.1) is 0 Å². The van der Waals surface area contributed by atoms with E-state index in [0.29, 0.717) is 24.9 Å². The first kappa shape index (κ1) is 14.9. The summed E-state index contributed by atoms with van der Waals surface area (Å²) in [6.07, 6.45) is 3.43. The normalized spacial score (nSPS) is 29.0. The maximum Gasteiger partial charge on any atom is 0.248 e. The molecule has 2 aliphatic heterocycles. The number of hydrogen-bond acceptors (Lipinski definition) is 3. The van der Waals surface area contributed by atoms with Gasteiger partial charge in [-0.25, -0.2) is 17.2 Å². The van der Waals surface area contributed by atoms with E-state index in [1.807, 2.05) is 0 Å². The summed E-state index contributed by atoms with van der Waals surface area (Å²) >= 11 is 0. The second-order valence-corrected chi connectivity index (χ2v) is 7.77. The molecular formula is C14H18F2N2O2S. The van der Waals surface area contributed by atoms with Crippen LogP contribution in [-0.2, 0) is 10.0 Å². The van der Waals surface area contributed by atoms with Gasteiger partial charge < -0.3 is 5.32 Å². The summed E-state index contributed by atoms with van der Waals surface area (Å²) in [7, 11) is -2.75. The summed E-state index contributed by atoms with van der Waals surface area (Å²) in [6.45, 7) is 0. The molecule has 1 aromatic carbocycles. The van der Waals surface area contributed by atoms with E-state index in [4.69, 9.17) is 0 Å². The van der Waals surface area contributed by atoms with Crippen molar-refractivity contribution in [2.75, 3.05) is 7.05 Å². The number of nitrogens with zero attached hydrogens (tertiary/aromatic N) is 1. The van der Waals surface area contributed by atoms with Crippen LogP contribution in [0.4, 0.5) is 8.78 Å². The number of hydrogen-bond donors (Lipinski definition) is 1. The van der Waals surface area contributed by atoms with Gasteiger partial charge in [0.25, 0.3) is 0 Å². The summed E-state index contributed by atoms with van der Waals surface area (Å²) < 4.78 is 53.8. The van der Waals surface area contributed by atoms with Gasteiger partial charge in [0.1, 0.15) is 11.6 Å². The topological polar surface area (TPSA) is 49.4 Å².